The number of halogens is 1. The maximum atomic E-state index is 12.1. The highest BCUT2D eigenvalue weighted by atomic mass is 35.5. The Hall–Kier alpha value is -1.95. The lowest BCUT2D eigenvalue weighted by Gasteiger charge is -2.34. The Morgan fingerprint density at radius 2 is 1.96 bits per heavy atom. The van der Waals surface area contributed by atoms with Crippen LogP contribution in [0.1, 0.15) is 50.4 Å². The highest BCUT2D eigenvalue weighted by Crippen LogP contribution is 2.39. The van der Waals surface area contributed by atoms with Crippen molar-refractivity contribution >= 4 is 23.5 Å². The molecule has 2 heterocycles. The topological polar surface area (TPSA) is 65.1 Å². The van der Waals surface area contributed by atoms with Gasteiger partial charge in [0.1, 0.15) is 11.7 Å². The van der Waals surface area contributed by atoms with Crippen molar-refractivity contribution in [1.29, 1.82) is 0 Å². The van der Waals surface area contributed by atoms with Gasteiger partial charge < -0.3 is 19.1 Å². The van der Waals surface area contributed by atoms with Gasteiger partial charge in [-0.15, -0.1) is 0 Å². The number of fused-ring (bicyclic) bond motifs is 1. The molecule has 0 aliphatic carbocycles. The summed E-state index contributed by atoms with van der Waals surface area (Å²) in [4.78, 5) is 25.9. The molecule has 0 saturated carbocycles. The van der Waals surface area contributed by atoms with Crippen LogP contribution in [0.15, 0.2) is 12.1 Å². The summed E-state index contributed by atoms with van der Waals surface area (Å²) in [5.41, 5.74) is -0.0290. The molecule has 0 radical (unpaired) electrons. The van der Waals surface area contributed by atoms with E-state index in [-0.39, 0.29) is 18.0 Å². The van der Waals surface area contributed by atoms with Crippen molar-refractivity contribution < 1.29 is 23.8 Å². The summed E-state index contributed by atoms with van der Waals surface area (Å²) in [5.74, 6) is 0.981. The lowest BCUT2D eigenvalue weighted by molar-refractivity contribution is 0.0123. The molecular weight excluding hydrogens is 358 g/mol. The summed E-state index contributed by atoms with van der Waals surface area (Å²) in [6, 6.07) is 3.30. The normalized spacial score (nSPS) is 18.2. The Morgan fingerprint density at radius 3 is 2.62 bits per heavy atom. The molecule has 1 fully saturated rings. The van der Waals surface area contributed by atoms with E-state index in [0.29, 0.717) is 61.0 Å². The lowest BCUT2D eigenvalue weighted by Crippen LogP contribution is -2.44. The molecule has 1 aromatic carbocycles. The predicted molar refractivity (Wildman–Crippen MR) is 97.4 cm³/mol. The zero-order valence-corrected chi connectivity index (χ0v) is 16.1. The summed E-state index contributed by atoms with van der Waals surface area (Å²) < 4.78 is 17.1. The van der Waals surface area contributed by atoms with Crippen LogP contribution >= 0.6 is 11.6 Å². The first-order valence-electron chi connectivity index (χ1n) is 8.87. The molecule has 0 bridgehead atoms. The molecule has 6 nitrogen and oxygen atoms in total. The van der Waals surface area contributed by atoms with Gasteiger partial charge in [0.05, 0.1) is 12.2 Å². The van der Waals surface area contributed by atoms with Crippen molar-refractivity contribution in [1.82, 2.24) is 4.90 Å². The van der Waals surface area contributed by atoms with Gasteiger partial charge in [-0.3, -0.25) is 4.79 Å². The van der Waals surface area contributed by atoms with Crippen molar-refractivity contribution in [2.24, 2.45) is 0 Å². The Kier molecular flexibility index (Phi) is 5.32. The van der Waals surface area contributed by atoms with E-state index in [1.165, 1.54) is 0 Å². The molecule has 0 aromatic heterocycles. The first-order chi connectivity index (χ1) is 12.2. The van der Waals surface area contributed by atoms with Crippen molar-refractivity contribution in [2.45, 2.75) is 51.7 Å². The molecule has 2 aliphatic rings. The fourth-order valence-electron chi connectivity index (χ4n) is 3.05. The zero-order valence-electron chi connectivity index (χ0n) is 15.3. The highest BCUT2D eigenvalue weighted by Gasteiger charge is 2.29. The van der Waals surface area contributed by atoms with E-state index in [9.17, 15) is 9.59 Å². The molecule has 3 rings (SSSR count). The van der Waals surface area contributed by atoms with Gasteiger partial charge in [-0.25, -0.2) is 4.79 Å². The monoisotopic (exact) mass is 381 g/mol. The number of hydrogen-bond acceptors (Lipinski definition) is 5. The van der Waals surface area contributed by atoms with E-state index in [0.717, 1.165) is 0 Å². The minimum Gasteiger partial charge on any atom is -0.488 e. The molecule has 0 atom stereocenters. The molecule has 26 heavy (non-hydrogen) atoms. The van der Waals surface area contributed by atoms with Crippen LogP contribution in [0.3, 0.4) is 0 Å². The molecule has 1 amide bonds. The van der Waals surface area contributed by atoms with Crippen LogP contribution in [0, 0.1) is 0 Å². The van der Waals surface area contributed by atoms with Crippen LogP contribution in [-0.4, -0.2) is 48.2 Å². The Bertz CT molecular complexity index is 705. The molecule has 0 spiro atoms. The number of ether oxygens (including phenoxy) is 3. The third-order valence-corrected chi connectivity index (χ3v) is 4.50. The number of hydrogen-bond donors (Lipinski definition) is 0. The molecule has 0 N–H and O–H groups in total. The van der Waals surface area contributed by atoms with Crippen LogP contribution in [0.25, 0.3) is 0 Å². The van der Waals surface area contributed by atoms with Gasteiger partial charge >= 0.3 is 6.09 Å². The first kappa shape index (κ1) is 18.8. The van der Waals surface area contributed by atoms with E-state index >= 15 is 0 Å². The van der Waals surface area contributed by atoms with Gasteiger partial charge in [0.15, 0.2) is 17.3 Å². The van der Waals surface area contributed by atoms with Crippen molar-refractivity contribution in [3.05, 3.63) is 22.7 Å². The number of amides is 1. The maximum Gasteiger partial charge on any atom is 0.410 e. The molecule has 0 unspecified atom stereocenters. The third-order valence-electron chi connectivity index (χ3n) is 4.28. The fourth-order valence-corrected chi connectivity index (χ4v) is 3.26. The van der Waals surface area contributed by atoms with Gasteiger partial charge in [-0.2, -0.15) is 0 Å². The van der Waals surface area contributed by atoms with Crippen LogP contribution < -0.4 is 9.47 Å². The highest BCUT2D eigenvalue weighted by molar-refractivity contribution is 6.31. The minimum atomic E-state index is -0.506. The van der Waals surface area contributed by atoms with E-state index in [1.807, 2.05) is 20.8 Å². The second-order valence-electron chi connectivity index (χ2n) is 7.59. The molecule has 1 aromatic rings. The lowest BCUT2D eigenvalue weighted by atomic mass is 10.0. The van der Waals surface area contributed by atoms with E-state index in [1.54, 1.807) is 17.0 Å². The summed E-state index contributed by atoms with van der Waals surface area (Å²) in [6.07, 6.45) is 1.33. The number of likely N-dealkylation sites (tertiary alicyclic amines) is 1. The summed E-state index contributed by atoms with van der Waals surface area (Å²) >= 11 is 6.13. The Balaban J connectivity index is 1.64. The quantitative estimate of drug-likeness (QED) is 0.772. The predicted octanol–water partition coefficient (Wildman–Crippen LogP) is 4.08. The van der Waals surface area contributed by atoms with Crippen LogP contribution in [0.2, 0.25) is 5.02 Å². The van der Waals surface area contributed by atoms with Crippen LogP contribution in [-0.2, 0) is 4.74 Å². The van der Waals surface area contributed by atoms with Crippen molar-refractivity contribution in [3.63, 3.8) is 0 Å². The van der Waals surface area contributed by atoms with Gasteiger partial charge in [0.2, 0.25) is 0 Å². The second kappa shape index (κ2) is 7.35. The number of rotatable bonds is 2. The molecule has 2 aliphatic heterocycles. The van der Waals surface area contributed by atoms with Gasteiger partial charge in [0, 0.05) is 43.4 Å². The van der Waals surface area contributed by atoms with Crippen molar-refractivity contribution in [2.75, 3.05) is 19.7 Å². The number of ketones is 1. The number of benzene rings is 1. The average Bonchev–Trinajstić information content (AvgIpc) is 2.55. The largest absolute Gasteiger partial charge is 0.488 e. The van der Waals surface area contributed by atoms with Gasteiger partial charge in [-0.1, -0.05) is 11.6 Å². The summed E-state index contributed by atoms with van der Waals surface area (Å²) in [5, 5.41) is 0.448. The van der Waals surface area contributed by atoms with Gasteiger partial charge in [0.25, 0.3) is 0 Å². The number of carbonyl (C=O) groups is 2. The minimum absolute atomic E-state index is 0.0124. The van der Waals surface area contributed by atoms with Gasteiger partial charge in [-0.05, 0) is 26.8 Å². The van der Waals surface area contributed by atoms with E-state index in [4.69, 9.17) is 25.8 Å². The maximum absolute atomic E-state index is 12.1. The third kappa shape index (κ3) is 4.41. The summed E-state index contributed by atoms with van der Waals surface area (Å²) in [6.45, 7) is 7.02. The number of piperidine rings is 1. The number of carbonyl (C=O) groups excluding carboxylic acids is 2. The van der Waals surface area contributed by atoms with E-state index < -0.39 is 5.60 Å². The molecular formula is C19H24ClNO5. The second-order valence-corrected chi connectivity index (χ2v) is 8.02. The molecule has 1 saturated heterocycles. The fraction of sp³-hybridized carbons (Fsp3) is 0.579. The Labute approximate surface area is 158 Å². The average molecular weight is 382 g/mol. The Morgan fingerprint density at radius 1 is 1.27 bits per heavy atom. The van der Waals surface area contributed by atoms with Crippen molar-refractivity contribution in [3.8, 4) is 11.5 Å². The van der Waals surface area contributed by atoms with Crippen LogP contribution in [0.5, 0.6) is 11.5 Å². The van der Waals surface area contributed by atoms with E-state index in [2.05, 4.69) is 0 Å². The smallest absolute Gasteiger partial charge is 0.410 e. The zero-order chi connectivity index (χ0) is 18.9. The number of nitrogens with zero attached hydrogens (tertiary/aromatic N) is 1. The molecule has 7 heteroatoms. The number of Topliss-reactive ketones (excluding diaryl/α,β-unsaturated/α-hetero) is 1. The molecule has 142 valence electrons. The van der Waals surface area contributed by atoms with Crippen LogP contribution in [0.4, 0.5) is 4.79 Å². The first-order valence-corrected chi connectivity index (χ1v) is 9.25. The standard InChI is InChI=1S/C19H24ClNO5/c1-19(2,3)26-18(23)21-7-4-13(5-8-21)25-16-11-12(20)10-14-15(22)6-9-24-17(14)16/h10-11,13H,4-9H2,1-3H3. The SMILES string of the molecule is CC(C)(C)OC(=O)N1CCC(Oc2cc(Cl)cc3c2OCCC3=O)CC1. The summed E-state index contributed by atoms with van der Waals surface area (Å²) in [7, 11) is 0.